The smallest absolute Gasteiger partial charge is 0.265 e. The summed E-state index contributed by atoms with van der Waals surface area (Å²) in [5, 5.41) is 8.32. The summed E-state index contributed by atoms with van der Waals surface area (Å²) in [5.74, 6) is 6.73. The Morgan fingerprint density at radius 1 is 0.585 bits per heavy atom. The number of nitrogens with zero attached hydrogens (tertiary/aromatic N) is 1. The topological polar surface area (TPSA) is 37.4 Å². The molecule has 0 aliphatic carbocycles. The Hall–Kier alpha value is -4.68. The Morgan fingerprint density at radius 2 is 1.12 bits per heavy atom. The molecular weight excluding hydrogens is 502 g/mol. The maximum absolute atomic E-state index is 14.0. The van der Waals surface area contributed by atoms with E-state index in [0.29, 0.717) is 16.8 Å². The van der Waals surface area contributed by atoms with Crippen LogP contribution in [0, 0.1) is 17.8 Å². The van der Waals surface area contributed by atoms with Crippen LogP contribution in [0.3, 0.4) is 0 Å². The zero-order chi connectivity index (χ0) is 29.0. The fraction of sp³-hybridized carbons (Fsp3) is 0.211. The minimum Gasteiger partial charge on any atom is -0.268 e. The van der Waals surface area contributed by atoms with Gasteiger partial charge in [0.2, 0.25) is 0 Å². The zero-order valence-corrected chi connectivity index (χ0v) is 24.4. The molecule has 0 unspecified atom stereocenters. The van der Waals surface area contributed by atoms with Crippen LogP contribution < -0.4 is 4.90 Å². The first-order chi connectivity index (χ1) is 19.7. The molecule has 202 valence electrons. The molecule has 0 fully saturated rings. The average molecular weight is 536 g/mol. The Labute approximate surface area is 241 Å². The van der Waals surface area contributed by atoms with Gasteiger partial charge in [0.15, 0.2) is 0 Å². The van der Waals surface area contributed by atoms with Crippen molar-refractivity contribution in [2.45, 2.75) is 47.5 Å². The van der Waals surface area contributed by atoms with Crippen LogP contribution in [0.25, 0.3) is 43.1 Å². The summed E-state index contributed by atoms with van der Waals surface area (Å²) in [6.07, 6.45) is 0. The van der Waals surface area contributed by atoms with Gasteiger partial charge in [-0.3, -0.25) is 9.59 Å². The first kappa shape index (κ1) is 26.5. The van der Waals surface area contributed by atoms with Crippen molar-refractivity contribution in [1.29, 1.82) is 0 Å². The van der Waals surface area contributed by atoms with Gasteiger partial charge in [-0.2, -0.15) is 0 Å². The number of hydrogen-bond acceptors (Lipinski definition) is 2. The van der Waals surface area contributed by atoms with Crippen LogP contribution in [0.4, 0.5) is 5.69 Å². The zero-order valence-electron chi connectivity index (χ0n) is 24.4. The summed E-state index contributed by atoms with van der Waals surface area (Å²) in [6.45, 7) is 12.5. The normalized spacial score (nSPS) is 12.9. The van der Waals surface area contributed by atoms with Gasteiger partial charge >= 0.3 is 0 Å². The van der Waals surface area contributed by atoms with Crippen LogP contribution in [0.5, 0.6) is 0 Å². The molecule has 1 aliphatic heterocycles. The lowest BCUT2D eigenvalue weighted by molar-refractivity contribution is 0.0893. The summed E-state index contributed by atoms with van der Waals surface area (Å²) >= 11 is 0. The highest BCUT2D eigenvalue weighted by atomic mass is 16.2. The van der Waals surface area contributed by atoms with Crippen LogP contribution in [-0.2, 0) is 0 Å². The van der Waals surface area contributed by atoms with E-state index in [0.717, 1.165) is 54.7 Å². The first-order valence-corrected chi connectivity index (χ1v) is 14.3. The summed E-state index contributed by atoms with van der Waals surface area (Å²) < 4.78 is 0. The molecule has 0 saturated heterocycles. The molecule has 7 rings (SSSR count). The number of amides is 2. The van der Waals surface area contributed by atoms with Crippen molar-refractivity contribution >= 4 is 60.6 Å². The summed E-state index contributed by atoms with van der Waals surface area (Å²) in [6, 6.07) is 26.1. The lowest BCUT2D eigenvalue weighted by Gasteiger charge is -2.30. The second kappa shape index (κ2) is 10.1. The van der Waals surface area contributed by atoms with Gasteiger partial charge < -0.3 is 0 Å². The highest BCUT2D eigenvalue weighted by Crippen LogP contribution is 2.45. The van der Waals surface area contributed by atoms with Gasteiger partial charge in [-0.1, -0.05) is 95.1 Å². The Bertz CT molecular complexity index is 2000. The fourth-order valence-corrected chi connectivity index (χ4v) is 6.13. The van der Waals surface area contributed by atoms with E-state index in [1.807, 2.05) is 55.5 Å². The van der Waals surface area contributed by atoms with E-state index in [9.17, 15) is 9.59 Å². The second-order valence-corrected chi connectivity index (χ2v) is 11.7. The number of anilines is 1. The number of carbonyl (C=O) groups excluding carboxylic acids is 2. The summed E-state index contributed by atoms with van der Waals surface area (Å²) in [4.78, 5) is 29.3. The summed E-state index contributed by atoms with van der Waals surface area (Å²) in [7, 11) is 0. The molecule has 41 heavy (non-hydrogen) atoms. The van der Waals surface area contributed by atoms with Crippen molar-refractivity contribution in [3.63, 3.8) is 0 Å². The third-order valence-corrected chi connectivity index (χ3v) is 7.71. The van der Waals surface area contributed by atoms with E-state index in [2.05, 4.69) is 76.8 Å². The van der Waals surface area contributed by atoms with Crippen molar-refractivity contribution in [2.24, 2.45) is 5.92 Å². The average Bonchev–Trinajstić information content (AvgIpc) is 2.95. The predicted molar refractivity (Wildman–Crippen MR) is 172 cm³/mol. The fourth-order valence-electron chi connectivity index (χ4n) is 6.13. The van der Waals surface area contributed by atoms with Gasteiger partial charge in [0.05, 0.1) is 5.69 Å². The van der Waals surface area contributed by atoms with Crippen molar-refractivity contribution in [2.75, 3.05) is 4.90 Å². The number of rotatable bonds is 2. The lowest BCUT2D eigenvalue weighted by Crippen LogP contribution is -2.41. The second-order valence-electron chi connectivity index (χ2n) is 11.7. The SMILES string of the molecule is CC#Cc1ccc2c3ccc4c5c(ccc(c6cccc1c62)c53)C(=O)N(c1ccccc1C(C)C)C4=O.CC(C)C. The standard InChI is InChI=1S/C34H23NO2.C4H10/c1-4-8-20-13-14-24-26-16-18-28-32-27(17-15-25(31(26)32)23-11-7-10-22(20)30(23)24)33(36)35(34(28)37)29-12-6-5-9-21(29)19(2)3;1-4(2)3/h5-7,9-19H,1-3H3;4H,1-3H3. The molecule has 0 atom stereocenters. The maximum atomic E-state index is 14.0. The molecule has 0 radical (unpaired) electrons. The van der Waals surface area contributed by atoms with Crippen LogP contribution >= 0.6 is 0 Å². The largest absolute Gasteiger partial charge is 0.268 e. The van der Waals surface area contributed by atoms with E-state index in [1.165, 1.54) is 10.3 Å². The highest BCUT2D eigenvalue weighted by Gasteiger charge is 2.36. The Balaban J connectivity index is 0.000000712. The van der Waals surface area contributed by atoms with E-state index < -0.39 is 0 Å². The molecule has 3 heteroatoms. The number of hydrogen-bond donors (Lipinski definition) is 0. The molecule has 1 aliphatic rings. The number of imide groups is 1. The van der Waals surface area contributed by atoms with Gasteiger partial charge in [-0.05, 0) is 86.3 Å². The first-order valence-electron chi connectivity index (χ1n) is 14.3. The minimum absolute atomic E-state index is 0.174. The molecule has 2 amide bonds. The quantitative estimate of drug-likeness (QED) is 0.0958. The van der Waals surface area contributed by atoms with Gasteiger partial charge in [-0.25, -0.2) is 4.90 Å². The number of benzene rings is 6. The summed E-state index contributed by atoms with van der Waals surface area (Å²) in [5.41, 5.74) is 3.77. The minimum atomic E-state index is -0.271. The van der Waals surface area contributed by atoms with E-state index in [1.54, 1.807) is 0 Å². The lowest BCUT2D eigenvalue weighted by atomic mass is 9.84. The van der Waals surface area contributed by atoms with Crippen molar-refractivity contribution in [3.8, 4) is 11.8 Å². The monoisotopic (exact) mass is 535 g/mol. The number of fused-ring (bicyclic) bond motifs is 2. The van der Waals surface area contributed by atoms with Crippen molar-refractivity contribution in [1.82, 2.24) is 0 Å². The van der Waals surface area contributed by atoms with Crippen molar-refractivity contribution < 1.29 is 9.59 Å². The Kier molecular flexibility index (Phi) is 6.51. The third kappa shape index (κ3) is 4.06. The van der Waals surface area contributed by atoms with E-state index >= 15 is 0 Å². The van der Waals surface area contributed by atoms with Gasteiger partial charge in [0, 0.05) is 22.1 Å². The number of para-hydroxylation sites is 1. The van der Waals surface area contributed by atoms with Crippen molar-refractivity contribution in [3.05, 3.63) is 101 Å². The van der Waals surface area contributed by atoms with E-state index in [4.69, 9.17) is 0 Å². The Morgan fingerprint density at radius 3 is 1.73 bits per heavy atom. The molecule has 3 nitrogen and oxygen atoms in total. The molecular formula is C38H33NO2. The predicted octanol–water partition coefficient (Wildman–Crippen LogP) is 9.69. The molecule has 0 N–H and O–H groups in total. The molecule has 0 bridgehead atoms. The van der Waals surface area contributed by atoms with Crippen LogP contribution in [0.2, 0.25) is 0 Å². The molecule has 0 spiro atoms. The maximum Gasteiger partial charge on any atom is 0.265 e. The van der Waals surface area contributed by atoms with Gasteiger partial charge in [-0.15, -0.1) is 5.92 Å². The van der Waals surface area contributed by atoms with Crippen LogP contribution in [-0.4, -0.2) is 11.8 Å². The molecule has 0 aromatic heterocycles. The van der Waals surface area contributed by atoms with Gasteiger partial charge in [0.25, 0.3) is 11.8 Å². The number of carbonyl (C=O) groups is 2. The third-order valence-electron chi connectivity index (χ3n) is 7.71. The van der Waals surface area contributed by atoms with Crippen LogP contribution in [0.1, 0.15) is 79.3 Å². The van der Waals surface area contributed by atoms with E-state index in [-0.39, 0.29) is 17.7 Å². The highest BCUT2D eigenvalue weighted by molar-refractivity contribution is 6.42. The molecule has 0 saturated carbocycles. The van der Waals surface area contributed by atoms with Gasteiger partial charge in [0.1, 0.15) is 0 Å². The molecule has 6 aromatic rings. The van der Waals surface area contributed by atoms with Crippen LogP contribution in [0.15, 0.2) is 78.9 Å². The molecule has 1 heterocycles. The molecule has 6 aromatic carbocycles.